The van der Waals surface area contributed by atoms with Crippen molar-refractivity contribution in [2.45, 2.75) is 13.8 Å². The Morgan fingerprint density at radius 3 is 2.33 bits per heavy atom. The van der Waals surface area contributed by atoms with Crippen LogP contribution in [0.4, 0.5) is 0 Å². The fraction of sp³-hybridized carbons (Fsp3) is 0.286. The second-order valence-corrected chi connectivity index (χ2v) is 3.82. The molecule has 18 heavy (non-hydrogen) atoms. The summed E-state index contributed by atoms with van der Waals surface area (Å²) in [6, 6.07) is 6.34. The van der Waals surface area contributed by atoms with Gasteiger partial charge in [-0.15, -0.1) is 0 Å². The number of carbonyl (C=O) groups is 2. The van der Waals surface area contributed by atoms with Crippen LogP contribution in [0.25, 0.3) is 0 Å². The summed E-state index contributed by atoms with van der Waals surface area (Å²) in [6.07, 6.45) is 0. The van der Waals surface area contributed by atoms with E-state index in [4.69, 9.17) is 4.74 Å². The molecule has 0 spiro atoms. The Bertz CT molecular complexity index is 445. The molecule has 96 valence electrons. The van der Waals surface area contributed by atoms with Gasteiger partial charge in [-0.1, -0.05) is 6.58 Å². The number of carbonyl (C=O) groups excluding carboxylic acids is 2. The van der Waals surface area contributed by atoms with Crippen molar-refractivity contribution in [2.24, 2.45) is 0 Å². The van der Waals surface area contributed by atoms with Gasteiger partial charge in [0.1, 0.15) is 12.4 Å². The fourth-order valence-electron chi connectivity index (χ4n) is 1.22. The molecule has 1 rings (SSSR count). The van der Waals surface area contributed by atoms with Gasteiger partial charge in [-0.25, -0.2) is 4.79 Å². The smallest absolute Gasteiger partial charge is 0.379 e. The number of hydrogen-bond donors (Lipinski definition) is 0. The second kappa shape index (κ2) is 6.59. The predicted octanol–water partition coefficient (Wildman–Crippen LogP) is 2.39. The van der Waals surface area contributed by atoms with E-state index < -0.39 is 11.8 Å². The van der Waals surface area contributed by atoms with Crippen LogP contribution >= 0.6 is 0 Å². The number of benzene rings is 1. The summed E-state index contributed by atoms with van der Waals surface area (Å²) in [7, 11) is 0. The van der Waals surface area contributed by atoms with Crippen LogP contribution in [-0.4, -0.2) is 25.0 Å². The average molecular weight is 248 g/mol. The topological polar surface area (TPSA) is 52.6 Å². The maximum Gasteiger partial charge on any atom is 0.379 e. The molecule has 0 radical (unpaired) electrons. The first-order chi connectivity index (χ1) is 8.54. The molecule has 0 unspecified atom stereocenters. The van der Waals surface area contributed by atoms with E-state index in [1.165, 1.54) is 12.1 Å². The van der Waals surface area contributed by atoms with Gasteiger partial charge in [-0.3, -0.25) is 4.79 Å². The van der Waals surface area contributed by atoms with E-state index in [0.717, 1.165) is 5.57 Å². The minimum absolute atomic E-state index is 0.185. The Morgan fingerprint density at radius 1 is 1.22 bits per heavy atom. The van der Waals surface area contributed by atoms with Gasteiger partial charge in [0.2, 0.25) is 0 Å². The number of esters is 1. The first-order valence-corrected chi connectivity index (χ1v) is 5.63. The molecule has 0 aliphatic heterocycles. The molecule has 0 amide bonds. The Labute approximate surface area is 106 Å². The van der Waals surface area contributed by atoms with Crippen LogP contribution in [-0.2, 0) is 9.53 Å². The average Bonchev–Trinajstić information content (AvgIpc) is 2.36. The first kappa shape index (κ1) is 14.0. The molecular formula is C14H16O4. The fourth-order valence-corrected chi connectivity index (χ4v) is 1.22. The second-order valence-electron chi connectivity index (χ2n) is 3.82. The number of ketones is 1. The van der Waals surface area contributed by atoms with Crippen molar-refractivity contribution in [1.29, 1.82) is 0 Å². The van der Waals surface area contributed by atoms with Gasteiger partial charge in [-0.05, 0) is 43.7 Å². The van der Waals surface area contributed by atoms with Crippen LogP contribution < -0.4 is 4.74 Å². The molecular weight excluding hydrogens is 232 g/mol. The van der Waals surface area contributed by atoms with E-state index in [-0.39, 0.29) is 12.2 Å². The number of hydrogen-bond acceptors (Lipinski definition) is 4. The molecule has 0 saturated heterocycles. The molecule has 0 saturated carbocycles. The largest absolute Gasteiger partial charge is 0.489 e. The summed E-state index contributed by atoms with van der Waals surface area (Å²) in [4.78, 5) is 22.8. The molecule has 0 aromatic heterocycles. The summed E-state index contributed by atoms with van der Waals surface area (Å²) in [5.41, 5.74) is 1.19. The lowest BCUT2D eigenvalue weighted by Gasteiger charge is -2.06. The maximum atomic E-state index is 11.6. The van der Waals surface area contributed by atoms with E-state index in [1.54, 1.807) is 19.1 Å². The Balaban J connectivity index is 2.67. The van der Waals surface area contributed by atoms with E-state index in [2.05, 4.69) is 11.3 Å². The maximum absolute atomic E-state index is 11.6. The van der Waals surface area contributed by atoms with Crippen LogP contribution in [0.2, 0.25) is 0 Å². The number of rotatable bonds is 6. The summed E-state index contributed by atoms with van der Waals surface area (Å²) < 4.78 is 10.0. The minimum Gasteiger partial charge on any atom is -0.489 e. The molecule has 0 atom stereocenters. The predicted molar refractivity (Wildman–Crippen MR) is 67.7 cm³/mol. The highest BCUT2D eigenvalue weighted by atomic mass is 16.5. The van der Waals surface area contributed by atoms with Crippen LogP contribution in [0.5, 0.6) is 5.75 Å². The van der Waals surface area contributed by atoms with Crippen molar-refractivity contribution < 1.29 is 19.1 Å². The molecule has 0 bridgehead atoms. The van der Waals surface area contributed by atoms with Gasteiger partial charge in [-0.2, -0.15) is 0 Å². The molecule has 0 aliphatic rings. The molecule has 0 heterocycles. The van der Waals surface area contributed by atoms with E-state index in [1.807, 2.05) is 6.92 Å². The van der Waals surface area contributed by atoms with Crippen molar-refractivity contribution in [3.63, 3.8) is 0 Å². The van der Waals surface area contributed by atoms with Crippen LogP contribution in [0.3, 0.4) is 0 Å². The van der Waals surface area contributed by atoms with Crippen LogP contribution in [0, 0.1) is 0 Å². The van der Waals surface area contributed by atoms with Gasteiger partial charge < -0.3 is 9.47 Å². The third-order valence-electron chi connectivity index (χ3n) is 2.06. The normalized spacial score (nSPS) is 9.67. The molecule has 0 N–H and O–H groups in total. The van der Waals surface area contributed by atoms with E-state index in [0.29, 0.717) is 12.4 Å². The molecule has 0 fully saturated rings. The number of ether oxygens (including phenoxy) is 2. The van der Waals surface area contributed by atoms with Crippen LogP contribution in [0.15, 0.2) is 36.4 Å². The van der Waals surface area contributed by atoms with E-state index in [9.17, 15) is 9.59 Å². The highest BCUT2D eigenvalue weighted by Crippen LogP contribution is 2.13. The van der Waals surface area contributed by atoms with E-state index >= 15 is 0 Å². The molecule has 1 aromatic carbocycles. The lowest BCUT2D eigenvalue weighted by Crippen LogP contribution is -2.17. The van der Waals surface area contributed by atoms with Crippen molar-refractivity contribution in [2.75, 3.05) is 13.2 Å². The van der Waals surface area contributed by atoms with Gasteiger partial charge in [0.05, 0.1) is 6.61 Å². The molecule has 0 aliphatic carbocycles. The highest BCUT2D eigenvalue weighted by Gasteiger charge is 2.16. The molecule has 1 aromatic rings. The van der Waals surface area contributed by atoms with Crippen molar-refractivity contribution in [1.82, 2.24) is 0 Å². The Hall–Kier alpha value is -2.10. The molecule has 4 nitrogen and oxygen atoms in total. The third-order valence-corrected chi connectivity index (χ3v) is 2.06. The van der Waals surface area contributed by atoms with Gasteiger partial charge in [0, 0.05) is 5.56 Å². The Morgan fingerprint density at radius 2 is 1.83 bits per heavy atom. The Kier molecular flexibility index (Phi) is 5.11. The van der Waals surface area contributed by atoms with Gasteiger partial charge >= 0.3 is 5.97 Å². The van der Waals surface area contributed by atoms with Gasteiger partial charge in [0.25, 0.3) is 5.78 Å². The highest BCUT2D eigenvalue weighted by molar-refractivity contribution is 6.40. The SMILES string of the molecule is C=C(C)COc1ccc(C(=O)C(=O)OCC)cc1. The van der Waals surface area contributed by atoms with Gasteiger partial charge in [0.15, 0.2) is 0 Å². The zero-order valence-corrected chi connectivity index (χ0v) is 10.6. The zero-order chi connectivity index (χ0) is 13.5. The summed E-state index contributed by atoms with van der Waals surface area (Å²) in [5, 5.41) is 0. The quantitative estimate of drug-likeness (QED) is 0.336. The lowest BCUT2D eigenvalue weighted by atomic mass is 10.1. The summed E-state index contributed by atoms with van der Waals surface area (Å²) in [6.45, 7) is 7.84. The summed E-state index contributed by atoms with van der Waals surface area (Å²) >= 11 is 0. The molecule has 4 heteroatoms. The summed E-state index contributed by atoms with van der Waals surface area (Å²) in [5.74, 6) is -0.866. The lowest BCUT2D eigenvalue weighted by molar-refractivity contribution is -0.137. The minimum atomic E-state index is -0.840. The standard InChI is InChI=1S/C14H16O4/c1-4-17-14(16)13(15)11-5-7-12(8-6-11)18-9-10(2)3/h5-8H,2,4,9H2,1,3H3. The van der Waals surface area contributed by atoms with Crippen molar-refractivity contribution in [3.05, 3.63) is 42.0 Å². The number of Topliss-reactive ketones (excluding diaryl/α,β-unsaturated/α-hetero) is 1. The van der Waals surface area contributed by atoms with Crippen molar-refractivity contribution >= 4 is 11.8 Å². The zero-order valence-electron chi connectivity index (χ0n) is 10.6. The van der Waals surface area contributed by atoms with Crippen molar-refractivity contribution in [3.8, 4) is 5.75 Å². The monoisotopic (exact) mass is 248 g/mol. The first-order valence-electron chi connectivity index (χ1n) is 5.63. The van der Waals surface area contributed by atoms with Crippen LogP contribution in [0.1, 0.15) is 24.2 Å². The third kappa shape index (κ3) is 4.05.